The molecule has 0 radical (unpaired) electrons. The number of hydrogen-bond acceptors (Lipinski definition) is 6. The largest absolute Gasteiger partial charge is 0.331 e. The molecule has 2 heterocycles. The van der Waals surface area contributed by atoms with Crippen molar-refractivity contribution in [2.45, 2.75) is 13.5 Å². The number of rotatable bonds is 7. The molecule has 1 saturated heterocycles. The summed E-state index contributed by atoms with van der Waals surface area (Å²) in [6.45, 7) is 7.22. The van der Waals surface area contributed by atoms with E-state index in [9.17, 15) is 9.18 Å². The van der Waals surface area contributed by atoms with Crippen molar-refractivity contribution >= 4 is 33.8 Å². The van der Waals surface area contributed by atoms with Crippen LogP contribution < -0.4 is 10.6 Å². The fourth-order valence-electron chi connectivity index (χ4n) is 4.26. The van der Waals surface area contributed by atoms with Crippen LogP contribution in [0.4, 0.5) is 20.9 Å². The second-order valence-electron chi connectivity index (χ2n) is 9.43. The first-order valence-electron chi connectivity index (χ1n) is 12.3. The number of thiazole rings is 1. The van der Waals surface area contributed by atoms with Crippen molar-refractivity contribution < 1.29 is 9.18 Å². The Bertz CT molecular complexity index is 1360. The number of aromatic nitrogens is 1. The standard InChI is InChI=1S/C29H30FN5OS/c1-20-3-12-25(17-26(20)32-29-33-27(19-37-29)22-8-10-24(30)11-9-22)31-28(36)23-6-4-21(5-7-23)18-35-15-13-34(2)14-16-35/h3-12,17,19H,13-16,18H2,1-2H3,(H,31,36)(H,32,33). The van der Waals surface area contributed by atoms with E-state index >= 15 is 0 Å². The van der Waals surface area contributed by atoms with Gasteiger partial charge in [0.25, 0.3) is 5.91 Å². The van der Waals surface area contributed by atoms with Gasteiger partial charge in [0, 0.05) is 60.6 Å². The molecule has 0 aliphatic carbocycles. The zero-order chi connectivity index (χ0) is 25.8. The van der Waals surface area contributed by atoms with E-state index in [0.717, 1.165) is 60.4 Å². The van der Waals surface area contributed by atoms with Crippen LogP contribution in [0.25, 0.3) is 11.3 Å². The highest BCUT2D eigenvalue weighted by atomic mass is 32.1. The Morgan fingerprint density at radius 2 is 1.73 bits per heavy atom. The van der Waals surface area contributed by atoms with Crippen molar-refractivity contribution in [1.29, 1.82) is 0 Å². The van der Waals surface area contributed by atoms with Gasteiger partial charge in [-0.2, -0.15) is 0 Å². The maximum Gasteiger partial charge on any atom is 0.255 e. The van der Waals surface area contributed by atoms with Crippen LogP contribution in [-0.2, 0) is 6.54 Å². The third-order valence-corrected chi connectivity index (χ3v) is 7.36. The minimum atomic E-state index is -0.270. The van der Waals surface area contributed by atoms with E-state index in [2.05, 4.69) is 32.5 Å². The molecule has 3 aromatic carbocycles. The lowest BCUT2D eigenvalue weighted by molar-refractivity contribution is 0.102. The van der Waals surface area contributed by atoms with Crippen LogP contribution in [0.15, 0.2) is 72.1 Å². The molecule has 1 amide bonds. The molecule has 6 nitrogen and oxygen atoms in total. The summed E-state index contributed by atoms with van der Waals surface area (Å²) in [5.74, 6) is -0.415. The molecular weight excluding hydrogens is 485 g/mol. The number of halogens is 1. The van der Waals surface area contributed by atoms with Gasteiger partial charge in [-0.15, -0.1) is 11.3 Å². The minimum Gasteiger partial charge on any atom is -0.331 e. The predicted octanol–water partition coefficient (Wildman–Crippen LogP) is 6.00. The zero-order valence-corrected chi connectivity index (χ0v) is 21.8. The van der Waals surface area contributed by atoms with Gasteiger partial charge in [0.1, 0.15) is 5.82 Å². The topological polar surface area (TPSA) is 60.5 Å². The fraction of sp³-hybridized carbons (Fsp3) is 0.241. The van der Waals surface area contributed by atoms with Gasteiger partial charge < -0.3 is 15.5 Å². The van der Waals surface area contributed by atoms with E-state index in [1.165, 1.54) is 29.0 Å². The average molecular weight is 516 g/mol. The summed E-state index contributed by atoms with van der Waals surface area (Å²) in [6, 6.07) is 19.9. The van der Waals surface area contributed by atoms with Crippen molar-refractivity contribution in [2.24, 2.45) is 0 Å². The summed E-state index contributed by atoms with van der Waals surface area (Å²) in [7, 11) is 2.16. The average Bonchev–Trinajstić information content (AvgIpc) is 3.37. The lowest BCUT2D eigenvalue weighted by atomic mass is 10.1. The normalized spacial score (nSPS) is 14.5. The van der Waals surface area contributed by atoms with Gasteiger partial charge in [0.05, 0.1) is 5.69 Å². The highest BCUT2D eigenvalue weighted by Crippen LogP contribution is 2.30. The Labute approximate surface area is 220 Å². The number of nitrogens with zero attached hydrogens (tertiary/aromatic N) is 3. The molecule has 8 heteroatoms. The van der Waals surface area contributed by atoms with Crippen molar-refractivity contribution in [3.8, 4) is 11.3 Å². The van der Waals surface area contributed by atoms with E-state index in [0.29, 0.717) is 11.3 Å². The number of piperazine rings is 1. The quantitative estimate of drug-likeness (QED) is 0.316. The summed E-state index contributed by atoms with van der Waals surface area (Å²) in [5, 5.41) is 9.02. The monoisotopic (exact) mass is 515 g/mol. The summed E-state index contributed by atoms with van der Waals surface area (Å²) in [6.07, 6.45) is 0. The number of aryl methyl sites for hydroxylation is 1. The summed E-state index contributed by atoms with van der Waals surface area (Å²) in [4.78, 5) is 22.3. The number of carbonyl (C=O) groups excluding carboxylic acids is 1. The van der Waals surface area contributed by atoms with Gasteiger partial charge in [-0.25, -0.2) is 9.37 Å². The van der Waals surface area contributed by atoms with Crippen molar-refractivity contribution in [2.75, 3.05) is 43.9 Å². The molecule has 37 heavy (non-hydrogen) atoms. The van der Waals surface area contributed by atoms with Crippen LogP contribution in [-0.4, -0.2) is 53.9 Å². The van der Waals surface area contributed by atoms with Gasteiger partial charge in [-0.3, -0.25) is 9.69 Å². The SMILES string of the molecule is Cc1ccc(NC(=O)c2ccc(CN3CCN(C)CC3)cc2)cc1Nc1nc(-c2ccc(F)cc2)cs1. The molecule has 1 fully saturated rings. The van der Waals surface area contributed by atoms with Gasteiger partial charge >= 0.3 is 0 Å². The second kappa shape index (κ2) is 11.2. The first-order valence-corrected chi connectivity index (χ1v) is 13.2. The molecule has 1 aliphatic rings. The first kappa shape index (κ1) is 25.1. The van der Waals surface area contributed by atoms with Gasteiger partial charge in [0.15, 0.2) is 5.13 Å². The van der Waals surface area contributed by atoms with E-state index in [1.54, 1.807) is 12.1 Å². The molecule has 1 aromatic heterocycles. The number of carbonyl (C=O) groups is 1. The van der Waals surface area contributed by atoms with Gasteiger partial charge in [-0.1, -0.05) is 18.2 Å². The number of amides is 1. The molecule has 0 saturated carbocycles. The molecule has 4 aromatic rings. The molecular formula is C29H30FN5OS. The Morgan fingerprint density at radius 1 is 1.00 bits per heavy atom. The van der Waals surface area contributed by atoms with Crippen LogP contribution >= 0.6 is 11.3 Å². The van der Waals surface area contributed by atoms with Crippen LogP contribution in [0.5, 0.6) is 0 Å². The van der Waals surface area contributed by atoms with Gasteiger partial charge in [-0.05, 0) is 73.6 Å². The van der Waals surface area contributed by atoms with E-state index < -0.39 is 0 Å². The molecule has 2 N–H and O–H groups in total. The van der Waals surface area contributed by atoms with Crippen LogP contribution in [0.3, 0.4) is 0 Å². The second-order valence-corrected chi connectivity index (χ2v) is 10.3. The third-order valence-electron chi connectivity index (χ3n) is 6.60. The number of anilines is 3. The molecule has 0 atom stereocenters. The number of nitrogens with one attached hydrogen (secondary N) is 2. The van der Waals surface area contributed by atoms with Crippen molar-refractivity contribution in [3.63, 3.8) is 0 Å². The van der Waals surface area contributed by atoms with Crippen molar-refractivity contribution in [3.05, 3.63) is 94.6 Å². The van der Waals surface area contributed by atoms with Crippen molar-refractivity contribution in [1.82, 2.24) is 14.8 Å². The van der Waals surface area contributed by atoms with E-state index in [-0.39, 0.29) is 11.7 Å². The summed E-state index contributed by atoms with van der Waals surface area (Å²) < 4.78 is 13.2. The Balaban J connectivity index is 1.21. The number of hydrogen-bond donors (Lipinski definition) is 2. The van der Waals surface area contributed by atoms with Crippen LogP contribution in [0.2, 0.25) is 0 Å². The Morgan fingerprint density at radius 3 is 2.46 bits per heavy atom. The van der Waals surface area contributed by atoms with E-state index in [1.807, 2.05) is 54.8 Å². The fourth-order valence-corrected chi connectivity index (χ4v) is 4.99. The molecule has 190 valence electrons. The van der Waals surface area contributed by atoms with E-state index in [4.69, 9.17) is 0 Å². The molecule has 0 spiro atoms. The highest BCUT2D eigenvalue weighted by Gasteiger charge is 2.14. The highest BCUT2D eigenvalue weighted by molar-refractivity contribution is 7.14. The predicted molar refractivity (Wildman–Crippen MR) is 149 cm³/mol. The number of benzene rings is 3. The Hall–Kier alpha value is -3.59. The lowest BCUT2D eigenvalue weighted by Gasteiger charge is -2.32. The summed E-state index contributed by atoms with van der Waals surface area (Å²) in [5.41, 5.74) is 6.08. The molecule has 0 unspecified atom stereocenters. The third kappa shape index (κ3) is 6.40. The molecule has 1 aliphatic heterocycles. The zero-order valence-electron chi connectivity index (χ0n) is 21.0. The Kier molecular flexibility index (Phi) is 7.60. The maximum atomic E-state index is 13.2. The number of likely N-dealkylation sites (N-methyl/N-ethyl adjacent to an activating group) is 1. The minimum absolute atomic E-state index is 0.145. The van der Waals surface area contributed by atoms with Gasteiger partial charge in [0.2, 0.25) is 0 Å². The van der Waals surface area contributed by atoms with Crippen LogP contribution in [0, 0.1) is 12.7 Å². The smallest absolute Gasteiger partial charge is 0.255 e. The lowest BCUT2D eigenvalue weighted by Crippen LogP contribution is -2.43. The summed E-state index contributed by atoms with van der Waals surface area (Å²) >= 11 is 1.47. The molecule has 0 bridgehead atoms. The molecule has 5 rings (SSSR count). The maximum absolute atomic E-state index is 13.2. The first-order chi connectivity index (χ1) is 17.9. The van der Waals surface area contributed by atoms with Crippen LogP contribution in [0.1, 0.15) is 21.5 Å².